The van der Waals surface area contributed by atoms with Crippen LogP contribution < -0.4 is 10.1 Å². The summed E-state index contributed by atoms with van der Waals surface area (Å²) in [4.78, 5) is 13.5. The van der Waals surface area contributed by atoms with Gasteiger partial charge in [0.15, 0.2) is 6.61 Å². The van der Waals surface area contributed by atoms with E-state index in [0.717, 1.165) is 16.2 Å². The van der Waals surface area contributed by atoms with Crippen LogP contribution in [-0.4, -0.2) is 44.0 Å². The minimum absolute atomic E-state index is 0.0391. The lowest BCUT2D eigenvalue weighted by Gasteiger charge is -2.22. The molecule has 0 saturated carbocycles. The molecule has 6 nitrogen and oxygen atoms in total. The molecule has 1 aliphatic heterocycles. The maximum Gasteiger partial charge on any atom is 0.422 e. The predicted octanol–water partition coefficient (Wildman–Crippen LogP) is 3.47. The highest BCUT2D eigenvalue weighted by Gasteiger charge is 2.39. The molecule has 1 aromatic carbocycles. The number of ether oxygens (including phenoxy) is 1. The van der Waals surface area contributed by atoms with Crippen molar-refractivity contribution < 1.29 is 31.1 Å². The van der Waals surface area contributed by atoms with E-state index < -0.39 is 34.8 Å². The summed E-state index contributed by atoms with van der Waals surface area (Å²) in [7, 11) is -3.76. The number of alkyl halides is 3. The average molecular weight is 463 g/mol. The number of rotatable bonds is 7. The maximum absolute atomic E-state index is 12.9. The summed E-state index contributed by atoms with van der Waals surface area (Å²) >= 11 is 1.16. The standard InChI is InChI=1S/C19H21F3N2O4S2/c1-13-7-8-17(29-13)30(26,27)24-9-3-6-16(24)18(25)23-11-14-4-2-5-15(10-14)28-12-19(20,21)22/h2,4-5,7-8,10,16H,3,6,9,11-12H2,1H3,(H,23,25). The third-order valence-electron chi connectivity index (χ3n) is 4.55. The fraction of sp³-hybridized carbons (Fsp3) is 0.421. The molecule has 1 fully saturated rings. The van der Waals surface area contributed by atoms with Crippen molar-refractivity contribution in [2.24, 2.45) is 0 Å². The molecular weight excluding hydrogens is 441 g/mol. The molecule has 1 unspecified atom stereocenters. The van der Waals surface area contributed by atoms with Gasteiger partial charge in [-0.25, -0.2) is 8.42 Å². The highest BCUT2D eigenvalue weighted by atomic mass is 32.2. The molecular formula is C19H21F3N2O4S2. The zero-order valence-electron chi connectivity index (χ0n) is 16.1. The molecule has 30 heavy (non-hydrogen) atoms. The minimum Gasteiger partial charge on any atom is -0.484 e. The Balaban J connectivity index is 1.63. The first-order chi connectivity index (χ1) is 14.1. The van der Waals surface area contributed by atoms with Crippen LogP contribution in [0.1, 0.15) is 23.3 Å². The van der Waals surface area contributed by atoms with Gasteiger partial charge in [-0.2, -0.15) is 17.5 Å². The van der Waals surface area contributed by atoms with Crippen LogP contribution >= 0.6 is 11.3 Å². The van der Waals surface area contributed by atoms with E-state index in [0.29, 0.717) is 18.4 Å². The Kier molecular flexibility index (Phi) is 6.73. The topological polar surface area (TPSA) is 75.7 Å². The van der Waals surface area contributed by atoms with Crippen LogP contribution in [0.2, 0.25) is 0 Å². The number of carbonyl (C=O) groups excluding carboxylic acids is 1. The van der Waals surface area contributed by atoms with Crippen LogP contribution in [0.15, 0.2) is 40.6 Å². The Bertz CT molecular complexity index is 1010. The van der Waals surface area contributed by atoms with Gasteiger partial charge in [-0.05, 0) is 49.6 Å². The van der Waals surface area contributed by atoms with Crippen LogP contribution in [0.5, 0.6) is 5.75 Å². The molecule has 0 radical (unpaired) electrons. The molecule has 2 aromatic rings. The smallest absolute Gasteiger partial charge is 0.422 e. The zero-order chi connectivity index (χ0) is 21.9. The van der Waals surface area contributed by atoms with E-state index in [1.54, 1.807) is 12.1 Å². The van der Waals surface area contributed by atoms with E-state index in [4.69, 9.17) is 4.74 Å². The first-order valence-electron chi connectivity index (χ1n) is 9.21. The molecule has 11 heteroatoms. The molecule has 164 valence electrons. The van der Waals surface area contributed by atoms with E-state index in [1.807, 2.05) is 6.92 Å². The number of halogens is 3. The number of nitrogens with zero attached hydrogens (tertiary/aromatic N) is 1. The number of hydrogen-bond donors (Lipinski definition) is 1. The van der Waals surface area contributed by atoms with Gasteiger partial charge in [0, 0.05) is 18.0 Å². The lowest BCUT2D eigenvalue weighted by Crippen LogP contribution is -2.45. The number of sulfonamides is 1. The highest BCUT2D eigenvalue weighted by Crippen LogP contribution is 2.30. The van der Waals surface area contributed by atoms with Gasteiger partial charge in [-0.3, -0.25) is 4.79 Å². The SMILES string of the molecule is Cc1ccc(S(=O)(=O)N2CCCC2C(=O)NCc2cccc(OCC(F)(F)F)c2)s1. The molecule has 1 atom stereocenters. The molecule has 0 aliphatic carbocycles. The van der Waals surface area contributed by atoms with Gasteiger partial charge in [-0.1, -0.05) is 12.1 Å². The van der Waals surface area contributed by atoms with Gasteiger partial charge in [0.1, 0.15) is 16.0 Å². The number of benzene rings is 1. The van der Waals surface area contributed by atoms with Crippen LogP contribution in [0.25, 0.3) is 0 Å². The number of nitrogens with one attached hydrogen (secondary N) is 1. The first kappa shape index (κ1) is 22.6. The minimum atomic E-state index is -4.44. The molecule has 1 N–H and O–H groups in total. The van der Waals surface area contributed by atoms with Gasteiger partial charge in [0.25, 0.3) is 10.0 Å². The summed E-state index contributed by atoms with van der Waals surface area (Å²) in [5.74, 6) is -0.400. The summed E-state index contributed by atoms with van der Waals surface area (Å²) < 4.78 is 68.8. The van der Waals surface area contributed by atoms with Gasteiger partial charge in [0.05, 0.1) is 0 Å². The zero-order valence-corrected chi connectivity index (χ0v) is 17.7. The quantitative estimate of drug-likeness (QED) is 0.684. The molecule has 1 amide bonds. The number of carbonyl (C=O) groups is 1. The van der Waals surface area contributed by atoms with Gasteiger partial charge in [-0.15, -0.1) is 11.3 Å². The fourth-order valence-corrected chi connectivity index (χ4v) is 6.24. The molecule has 0 spiro atoms. The van der Waals surface area contributed by atoms with Crippen molar-refractivity contribution in [2.75, 3.05) is 13.2 Å². The van der Waals surface area contributed by atoms with Crippen LogP contribution in [0.4, 0.5) is 13.2 Å². The molecule has 3 rings (SSSR count). The van der Waals surface area contributed by atoms with E-state index in [9.17, 15) is 26.4 Å². The van der Waals surface area contributed by atoms with Crippen molar-refractivity contribution >= 4 is 27.3 Å². The van der Waals surface area contributed by atoms with E-state index in [1.165, 1.54) is 28.6 Å². The van der Waals surface area contributed by atoms with E-state index in [2.05, 4.69) is 5.32 Å². The van der Waals surface area contributed by atoms with Crippen molar-refractivity contribution in [1.82, 2.24) is 9.62 Å². The number of amides is 1. The van der Waals surface area contributed by atoms with E-state index >= 15 is 0 Å². The van der Waals surface area contributed by atoms with Crippen molar-refractivity contribution in [1.29, 1.82) is 0 Å². The van der Waals surface area contributed by atoms with Gasteiger partial charge < -0.3 is 10.1 Å². The summed E-state index contributed by atoms with van der Waals surface area (Å²) in [6, 6.07) is 8.40. The molecule has 1 aromatic heterocycles. The van der Waals surface area contributed by atoms with E-state index in [-0.39, 0.29) is 23.0 Å². The Hall–Kier alpha value is -2.11. The molecule has 2 heterocycles. The normalized spacial score (nSPS) is 17.8. The van der Waals surface area contributed by atoms with Crippen LogP contribution in [0.3, 0.4) is 0 Å². The second-order valence-electron chi connectivity index (χ2n) is 6.91. The second kappa shape index (κ2) is 8.94. The van der Waals surface area contributed by atoms with Crippen LogP contribution in [0, 0.1) is 6.92 Å². The molecule has 1 saturated heterocycles. The molecule has 0 bridgehead atoms. The van der Waals surface area contributed by atoms with Crippen molar-refractivity contribution in [3.8, 4) is 5.75 Å². The Morgan fingerprint density at radius 1 is 1.30 bits per heavy atom. The Morgan fingerprint density at radius 2 is 2.07 bits per heavy atom. The number of thiophene rings is 1. The second-order valence-corrected chi connectivity index (χ2v) is 10.3. The summed E-state index contributed by atoms with van der Waals surface area (Å²) in [6.45, 7) is 0.715. The average Bonchev–Trinajstić information content (AvgIpc) is 3.34. The first-order valence-corrected chi connectivity index (χ1v) is 11.5. The number of hydrogen-bond acceptors (Lipinski definition) is 5. The fourth-order valence-electron chi connectivity index (χ4n) is 3.17. The molecule has 1 aliphatic rings. The largest absolute Gasteiger partial charge is 0.484 e. The third-order valence-corrected chi connectivity index (χ3v) is 7.93. The summed E-state index contributed by atoms with van der Waals surface area (Å²) in [6.07, 6.45) is -3.46. The van der Waals surface area contributed by atoms with Gasteiger partial charge >= 0.3 is 6.18 Å². The summed E-state index contributed by atoms with van der Waals surface area (Å²) in [5, 5.41) is 2.68. The Labute approximate surface area is 176 Å². The third kappa shape index (κ3) is 5.52. The summed E-state index contributed by atoms with van der Waals surface area (Å²) in [5.41, 5.74) is 0.546. The van der Waals surface area contributed by atoms with Gasteiger partial charge in [0.2, 0.25) is 5.91 Å². The highest BCUT2D eigenvalue weighted by molar-refractivity contribution is 7.91. The Morgan fingerprint density at radius 3 is 2.73 bits per heavy atom. The monoisotopic (exact) mass is 462 g/mol. The van der Waals surface area contributed by atoms with Crippen molar-refractivity contribution in [2.45, 2.75) is 42.7 Å². The number of aryl methyl sites for hydroxylation is 1. The predicted molar refractivity (Wildman–Crippen MR) is 106 cm³/mol. The lowest BCUT2D eigenvalue weighted by atomic mass is 10.2. The van der Waals surface area contributed by atoms with Crippen LogP contribution in [-0.2, 0) is 21.4 Å². The van der Waals surface area contributed by atoms with Crippen molar-refractivity contribution in [3.63, 3.8) is 0 Å². The maximum atomic E-state index is 12.9. The van der Waals surface area contributed by atoms with Crippen molar-refractivity contribution in [3.05, 3.63) is 46.8 Å². The lowest BCUT2D eigenvalue weighted by molar-refractivity contribution is -0.153.